The summed E-state index contributed by atoms with van der Waals surface area (Å²) in [5.41, 5.74) is 0. The van der Waals surface area contributed by atoms with E-state index >= 15 is 0 Å². The Labute approximate surface area is 190 Å². The summed E-state index contributed by atoms with van der Waals surface area (Å²) in [7, 11) is 0. The lowest BCUT2D eigenvalue weighted by atomic mass is 10.3. The van der Waals surface area contributed by atoms with Crippen molar-refractivity contribution in [1.82, 2.24) is 19.7 Å². The highest BCUT2D eigenvalue weighted by Gasteiger charge is 2.15. The SMILES string of the molecule is CCn1c(COc2cc(Cl)ccc2Cl)nnc1SCC(=O)Nc1ccc(Br)cn1. The average Bonchev–Trinajstić information content (AvgIpc) is 3.10. The first-order valence-electron chi connectivity index (χ1n) is 8.50. The molecule has 3 aromatic rings. The van der Waals surface area contributed by atoms with Crippen molar-refractivity contribution in [3.05, 3.63) is 56.9 Å². The molecule has 2 aromatic heterocycles. The summed E-state index contributed by atoms with van der Waals surface area (Å²) in [4.78, 5) is 16.3. The number of aromatic nitrogens is 4. The lowest BCUT2D eigenvalue weighted by molar-refractivity contribution is -0.113. The van der Waals surface area contributed by atoms with Crippen LogP contribution in [-0.4, -0.2) is 31.4 Å². The van der Waals surface area contributed by atoms with Gasteiger partial charge < -0.3 is 14.6 Å². The molecule has 0 aliphatic carbocycles. The van der Waals surface area contributed by atoms with Crippen molar-refractivity contribution in [3.63, 3.8) is 0 Å². The van der Waals surface area contributed by atoms with Crippen LogP contribution in [0.15, 0.2) is 46.2 Å². The first-order chi connectivity index (χ1) is 14.0. The van der Waals surface area contributed by atoms with Crippen LogP contribution in [0.25, 0.3) is 0 Å². The number of rotatable bonds is 8. The monoisotopic (exact) mass is 515 g/mol. The van der Waals surface area contributed by atoms with Gasteiger partial charge in [0.15, 0.2) is 11.0 Å². The van der Waals surface area contributed by atoms with E-state index in [1.165, 1.54) is 11.8 Å². The van der Waals surface area contributed by atoms with Gasteiger partial charge in [0.1, 0.15) is 18.2 Å². The van der Waals surface area contributed by atoms with E-state index in [0.29, 0.717) is 39.1 Å². The maximum atomic E-state index is 12.2. The molecule has 3 rings (SSSR count). The number of carbonyl (C=O) groups excluding carboxylic acids is 1. The predicted octanol–water partition coefficient (Wildman–Crippen LogP) is 5.07. The van der Waals surface area contributed by atoms with Crippen LogP contribution in [0.1, 0.15) is 12.7 Å². The second kappa shape index (κ2) is 10.3. The zero-order valence-electron chi connectivity index (χ0n) is 15.2. The van der Waals surface area contributed by atoms with Gasteiger partial charge in [-0.3, -0.25) is 4.79 Å². The van der Waals surface area contributed by atoms with Crippen LogP contribution in [-0.2, 0) is 17.9 Å². The summed E-state index contributed by atoms with van der Waals surface area (Å²) in [6.07, 6.45) is 1.62. The van der Waals surface area contributed by atoms with Gasteiger partial charge in [0.05, 0.1) is 10.8 Å². The van der Waals surface area contributed by atoms with Crippen LogP contribution in [0.4, 0.5) is 5.82 Å². The van der Waals surface area contributed by atoms with Crippen molar-refractivity contribution >= 4 is 62.6 Å². The third-order valence-electron chi connectivity index (χ3n) is 3.69. The second-order valence-electron chi connectivity index (χ2n) is 5.70. The second-order valence-corrected chi connectivity index (χ2v) is 8.41. The summed E-state index contributed by atoms with van der Waals surface area (Å²) < 4.78 is 8.46. The molecule has 0 saturated carbocycles. The number of amides is 1. The molecule has 29 heavy (non-hydrogen) atoms. The van der Waals surface area contributed by atoms with Crippen LogP contribution in [0.3, 0.4) is 0 Å². The molecule has 2 heterocycles. The molecule has 1 N–H and O–H groups in total. The molecule has 0 atom stereocenters. The molecule has 152 valence electrons. The third-order valence-corrected chi connectivity index (χ3v) is 5.67. The number of nitrogens with zero attached hydrogens (tertiary/aromatic N) is 4. The number of benzene rings is 1. The first kappa shape index (κ1) is 21.9. The Kier molecular flexibility index (Phi) is 7.77. The summed E-state index contributed by atoms with van der Waals surface area (Å²) in [5, 5.41) is 12.7. The van der Waals surface area contributed by atoms with Gasteiger partial charge in [-0.1, -0.05) is 35.0 Å². The van der Waals surface area contributed by atoms with Crippen molar-refractivity contribution < 1.29 is 9.53 Å². The molecule has 0 fully saturated rings. The Morgan fingerprint density at radius 2 is 2.10 bits per heavy atom. The molecule has 1 aromatic carbocycles. The van der Waals surface area contributed by atoms with Crippen LogP contribution >= 0.6 is 50.9 Å². The summed E-state index contributed by atoms with van der Waals surface area (Å²) >= 11 is 16.7. The molecule has 1 amide bonds. The highest BCUT2D eigenvalue weighted by atomic mass is 79.9. The fraction of sp³-hybridized carbons (Fsp3) is 0.222. The molecule has 0 spiro atoms. The Morgan fingerprint density at radius 1 is 1.28 bits per heavy atom. The van der Waals surface area contributed by atoms with Gasteiger partial charge in [-0.05, 0) is 47.1 Å². The maximum Gasteiger partial charge on any atom is 0.236 e. The zero-order chi connectivity index (χ0) is 20.8. The molecule has 0 radical (unpaired) electrons. The molecule has 0 aliphatic rings. The Bertz CT molecular complexity index is 1000. The van der Waals surface area contributed by atoms with E-state index in [1.54, 1.807) is 30.5 Å². The largest absolute Gasteiger partial charge is 0.484 e. The number of halogens is 3. The first-order valence-corrected chi connectivity index (χ1v) is 11.0. The molecular formula is C18H16BrCl2N5O2S. The van der Waals surface area contributed by atoms with Gasteiger partial charge in [-0.25, -0.2) is 4.98 Å². The summed E-state index contributed by atoms with van der Waals surface area (Å²) in [6.45, 7) is 2.78. The van der Waals surface area contributed by atoms with E-state index in [9.17, 15) is 4.79 Å². The number of nitrogens with one attached hydrogen (secondary N) is 1. The topological polar surface area (TPSA) is 81.9 Å². The van der Waals surface area contributed by atoms with Gasteiger partial charge in [-0.2, -0.15) is 0 Å². The van der Waals surface area contributed by atoms with Crippen molar-refractivity contribution in [2.75, 3.05) is 11.1 Å². The number of ether oxygens (including phenoxy) is 1. The minimum absolute atomic E-state index is 0.177. The maximum absolute atomic E-state index is 12.2. The number of anilines is 1. The Balaban J connectivity index is 1.59. The Hall–Kier alpha value is -1.81. The number of pyridine rings is 1. The van der Waals surface area contributed by atoms with Crippen LogP contribution < -0.4 is 10.1 Å². The van der Waals surface area contributed by atoms with Gasteiger partial charge in [0, 0.05) is 28.3 Å². The molecule has 0 saturated heterocycles. The quantitative estimate of drug-likeness (QED) is 0.421. The molecule has 11 heteroatoms. The van der Waals surface area contributed by atoms with E-state index < -0.39 is 0 Å². The van der Waals surface area contributed by atoms with E-state index in [2.05, 4.69) is 36.4 Å². The molecule has 0 aliphatic heterocycles. The van der Waals surface area contributed by atoms with Crippen molar-refractivity contribution in [2.24, 2.45) is 0 Å². The minimum atomic E-state index is -0.181. The van der Waals surface area contributed by atoms with Gasteiger partial charge in [0.2, 0.25) is 5.91 Å². The smallest absolute Gasteiger partial charge is 0.236 e. The van der Waals surface area contributed by atoms with Crippen molar-refractivity contribution in [1.29, 1.82) is 0 Å². The fourth-order valence-corrected chi connectivity index (χ4v) is 3.73. The van der Waals surface area contributed by atoms with E-state index in [-0.39, 0.29) is 18.3 Å². The van der Waals surface area contributed by atoms with E-state index in [4.69, 9.17) is 27.9 Å². The lowest BCUT2D eigenvalue weighted by Crippen LogP contribution is -2.15. The van der Waals surface area contributed by atoms with Crippen molar-refractivity contribution in [2.45, 2.75) is 25.2 Å². The molecular weight excluding hydrogens is 501 g/mol. The van der Waals surface area contributed by atoms with Gasteiger partial charge >= 0.3 is 0 Å². The highest BCUT2D eigenvalue weighted by molar-refractivity contribution is 9.10. The predicted molar refractivity (Wildman–Crippen MR) is 118 cm³/mol. The number of hydrogen-bond donors (Lipinski definition) is 1. The zero-order valence-corrected chi connectivity index (χ0v) is 19.1. The normalized spacial score (nSPS) is 10.8. The van der Waals surface area contributed by atoms with E-state index in [0.717, 1.165) is 4.47 Å². The fourth-order valence-electron chi connectivity index (χ4n) is 2.34. The van der Waals surface area contributed by atoms with Gasteiger partial charge in [0.25, 0.3) is 0 Å². The molecule has 0 unspecified atom stereocenters. The van der Waals surface area contributed by atoms with Crippen LogP contribution in [0.2, 0.25) is 10.0 Å². The average molecular weight is 517 g/mol. The standard InChI is InChI=1S/C18H16BrCl2N5O2S/c1-2-26-16(9-28-14-7-12(20)4-5-13(14)21)24-25-18(26)29-10-17(27)23-15-6-3-11(19)8-22-15/h3-8H,2,9-10H2,1H3,(H,22,23,27). The van der Waals surface area contributed by atoms with E-state index in [1.807, 2.05) is 17.6 Å². The van der Waals surface area contributed by atoms with Crippen LogP contribution in [0.5, 0.6) is 5.75 Å². The Morgan fingerprint density at radius 3 is 2.83 bits per heavy atom. The number of hydrogen-bond acceptors (Lipinski definition) is 6. The minimum Gasteiger partial charge on any atom is -0.484 e. The van der Waals surface area contributed by atoms with Gasteiger partial charge in [-0.15, -0.1) is 10.2 Å². The van der Waals surface area contributed by atoms with Crippen LogP contribution in [0, 0.1) is 0 Å². The summed E-state index contributed by atoms with van der Waals surface area (Å²) in [5.74, 6) is 1.58. The summed E-state index contributed by atoms with van der Waals surface area (Å²) in [6, 6.07) is 8.53. The third kappa shape index (κ3) is 6.08. The number of thioether (sulfide) groups is 1. The van der Waals surface area contributed by atoms with Crippen molar-refractivity contribution in [3.8, 4) is 5.75 Å². The molecule has 7 nitrogen and oxygen atoms in total. The number of carbonyl (C=O) groups is 1. The molecule has 0 bridgehead atoms. The lowest BCUT2D eigenvalue weighted by Gasteiger charge is -2.10. The highest BCUT2D eigenvalue weighted by Crippen LogP contribution is 2.28.